The van der Waals surface area contributed by atoms with Gasteiger partial charge in [-0.1, -0.05) is 18.9 Å². The minimum absolute atomic E-state index is 0.127. The molecule has 1 N–H and O–H groups in total. The zero-order chi connectivity index (χ0) is 11.1. The number of rotatable bonds is 1. The van der Waals surface area contributed by atoms with Crippen LogP contribution in [0.5, 0.6) is 0 Å². The Morgan fingerprint density at radius 2 is 2.19 bits per heavy atom. The Hall–Kier alpha value is -0.670. The van der Waals surface area contributed by atoms with Crippen molar-refractivity contribution in [3.63, 3.8) is 0 Å². The lowest BCUT2D eigenvalue weighted by Crippen LogP contribution is -2.37. The van der Waals surface area contributed by atoms with Gasteiger partial charge in [-0.05, 0) is 30.8 Å². The third kappa shape index (κ3) is 1.45. The molecule has 1 heterocycles. The first-order valence-corrected chi connectivity index (χ1v) is 6.30. The second kappa shape index (κ2) is 3.97. The molecule has 5 unspecified atom stereocenters. The summed E-state index contributed by atoms with van der Waals surface area (Å²) in [6.07, 6.45) is 7.85. The number of fused-ring (bicyclic) bond motifs is 3. The summed E-state index contributed by atoms with van der Waals surface area (Å²) in [6, 6.07) is 0. The van der Waals surface area contributed by atoms with Gasteiger partial charge in [-0.15, -0.1) is 0 Å². The molecule has 5 atom stereocenters. The minimum Gasteiger partial charge on any atom is -0.390 e. The molecule has 1 saturated carbocycles. The molecule has 88 valence electrons. The van der Waals surface area contributed by atoms with Crippen LogP contribution < -0.4 is 0 Å². The topological polar surface area (TPSA) is 46.5 Å². The Morgan fingerprint density at radius 3 is 3.00 bits per heavy atom. The van der Waals surface area contributed by atoms with Gasteiger partial charge in [0.25, 0.3) is 0 Å². The van der Waals surface area contributed by atoms with Crippen molar-refractivity contribution >= 4 is 6.29 Å². The van der Waals surface area contributed by atoms with Crippen molar-refractivity contribution in [3.05, 3.63) is 11.6 Å². The average molecular weight is 222 g/mol. The summed E-state index contributed by atoms with van der Waals surface area (Å²) < 4.78 is 5.96. The van der Waals surface area contributed by atoms with Crippen molar-refractivity contribution in [2.24, 2.45) is 11.8 Å². The van der Waals surface area contributed by atoms with Crippen LogP contribution in [0, 0.1) is 11.8 Å². The summed E-state index contributed by atoms with van der Waals surface area (Å²) in [5.41, 5.74) is 0.865. The molecule has 0 radical (unpaired) electrons. The van der Waals surface area contributed by atoms with E-state index in [1.165, 1.54) is 12.8 Å². The van der Waals surface area contributed by atoms with Gasteiger partial charge in [0.05, 0.1) is 18.3 Å². The molecule has 16 heavy (non-hydrogen) atoms. The van der Waals surface area contributed by atoms with E-state index in [9.17, 15) is 9.90 Å². The second-order valence-electron chi connectivity index (χ2n) is 5.24. The predicted octanol–water partition coefficient (Wildman–Crippen LogP) is 1.45. The summed E-state index contributed by atoms with van der Waals surface area (Å²) in [6.45, 7) is 0. The highest BCUT2D eigenvalue weighted by Crippen LogP contribution is 2.47. The summed E-state index contributed by atoms with van der Waals surface area (Å²) >= 11 is 0. The lowest BCUT2D eigenvalue weighted by molar-refractivity contribution is -0.106. The molecular weight excluding hydrogens is 204 g/mol. The number of hydrogen-bond acceptors (Lipinski definition) is 3. The Bertz CT molecular complexity index is 323. The largest absolute Gasteiger partial charge is 0.390 e. The fourth-order valence-corrected chi connectivity index (χ4v) is 3.66. The van der Waals surface area contributed by atoms with Crippen molar-refractivity contribution in [2.45, 2.75) is 50.4 Å². The first-order chi connectivity index (χ1) is 7.81. The lowest BCUT2D eigenvalue weighted by Gasteiger charge is -2.31. The van der Waals surface area contributed by atoms with Crippen molar-refractivity contribution in [1.82, 2.24) is 0 Å². The second-order valence-corrected chi connectivity index (χ2v) is 5.24. The molecule has 0 aromatic heterocycles. The smallest absolute Gasteiger partial charge is 0.146 e. The van der Waals surface area contributed by atoms with Crippen LogP contribution in [0.15, 0.2) is 11.6 Å². The van der Waals surface area contributed by atoms with E-state index in [1.807, 2.05) is 6.08 Å². The normalized spacial score (nSPS) is 46.8. The van der Waals surface area contributed by atoms with Crippen molar-refractivity contribution in [2.75, 3.05) is 0 Å². The number of aliphatic hydroxyl groups is 1. The van der Waals surface area contributed by atoms with Gasteiger partial charge in [0.2, 0.25) is 0 Å². The third-order valence-corrected chi connectivity index (χ3v) is 4.40. The maximum atomic E-state index is 11.1. The Morgan fingerprint density at radius 1 is 1.38 bits per heavy atom. The molecule has 2 aliphatic carbocycles. The van der Waals surface area contributed by atoms with Gasteiger partial charge < -0.3 is 9.84 Å². The van der Waals surface area contributed by atoms with E-state index in [0.29, 0.717) is 12.3 Å². The number of ether oxygens (including phenoxy) is 1. The SMILES string of the molecule is O=CC1=CCC(O)C2OC3CCCCC3C12. The first-order valence-electron chi connectivity index (χ1n) is 6.30. The van der Waals surface area contributed by atoms with Crippen LogP contribution in [0.2, 0.25) is 0 Å². The van der Waals surface area contributed by atoms with E-state index in [1.54, 1.807) is 0 Å². The van der Waals surface area contributed by atoms with E-state index < -0.39 is 6.10 Å². The van der Waals surface area contributed by atoms with Crippen LogP contribution >= 0.6 is 0 Å². The molecule has 2 fully saturated rings. The van der Waals surface area contributed by atoms with Crippen LogP contribution in [0.4, 0.5) is 0 Å². The zero-order valence-electron chi connectivity index (χ0n) is 9.34. The molecule has 3 rings (SSSR count). The maximum absolute atomic E-state index is 11.1. The monoisotopic (exact) mass is 222 g/mol. The number of aldehydes is 1. The number of aliphatic hydroxyl groups excluding tert-OH is 1. The summed E-state index contributed by atoms with van der Waals surface area (Å²) in [4.78, 5) is 11.1. The van der Waals surface area contributed by atoms with Gasteiger partial charge in [0.1, 0.15) is 6.29 Å². The van der Waals surface area contributed by atoms with Crippen LogP contribution in [0.3, 0.4) is 0 Å². The predicted molar refractivity (Wildman–Crippen MR) is 58.9 cm³/mol. The molecule has 0 bridgehead atoms. The Labute approximate surface area is 95.5 Å². The minimum atomic E-state index is -0.417. The summed E-state index contributed by atoms with van der Waals surface area (Å²) in [5, 5.41) is 9.95. The van der Waals surface area contributed by atoms with Crippen molar-refractivity contribution in [3.8, 4) is 0 Å². The number of carbonyl (C=O) groups is 1. The molecule has 0 amide bonds. The van der Waals surface area contributed by atoms with Gasteiger partial charge in [-0.3, -0.25) is 4.79 Å². The number of carbonyl (C=O) groups excluding carboxylic acids is 1. The molecule has 0 spiro atoms. The van der Waals surface area contributed by atoms with Crippen LogP contribution in [0.25, 0.3) is 0 Å². The maximum Gasteiger partial charge on any atom is 0.146 e. The van der Waals surface area contributed by atoms with E-state index in [-0.39, 0.29) is 18.1 Å². The molecule has 0 aromatic carbocycles. The van der Waals surface area contributed by atoms with E-state index in [4.69, 9.17) is 4.74 Å². The fraction of sp³-hybridized carbons (Fsp3) is 0.769. The Kier molecular flexibility index (Phi) is 2.60. The molecule has 3 nitrogen and oxygen atoms in total. The molecule has 3 heteroatoms. The fourth-order valence-electron chi connectivity index (χ4n) is 3.66. The van der Waals surface area contributed by atoms with E-state index in [0.717, 1.165) is 24.7 Å². The van der Waals surface area contributed by atoms with Gasteiger partial charge in [-0.25, -0.2) is 0 Å². The molecule has 3 aliphatic rings. The molecular formula is C13H18O3. The van der Waals surface area contributed by atoms with Crippen LogP contribution in [0.1, 0.15) is 32.1 Å². The highest BCUT2D eigenvalue weighted by atomic mass is 16.5. The van der Waals surface area contributed by atoms with Gasteiger partial charge in [-0.2, -0.15) is 0 Å². The van der Waals surface area contributed by atoms with Crippen LogP contribution in [-0.2, 0) is 9.53 Å². The third-order valence-electron chi connectivity index (χ3n) is 4.40. The van der Waals surface area contributed by atoms with Gasteiger partial charge in [0.15, 0.2) is 0 Å². The molecule has 0 aromatic rings. The van der Waals surface area contributed by atoms with Crippen molar-refractivity contribution < 1.29 is 14.6 Å². The standard InChI is InChI=1S/C13H18O3/c14-7-8-5-6-10(15)13-12(8)9-3-1-2-4-11(9)16-13/h5,7,9-13,15H,1-4,6H2. The van der Waals surface area contributed by atoms with E-state index in [2.05, 4.69) is 0 Å². The highest BCUT2D eigenvalue weighted by Gasteiger charge is 2.50. The molecule has 1 aliphatic heterocycles. The summed E-state index contributed by atoms with van der Waals surface area (Å²) in [5.74, 6) is 0.622. The zero-order valence-corrected chi connectivity index (χ0v) is 9.34. The van der Waals surface area contributed by atoms with Gasteiger partial charge in [0, 0.05) is 5.92 Å². The van der Waals surface area contributed by atoms with Gasteiger partial charge >= 0.3 is 0 Å². The first kappa shape index (κ1) is 10.5. The average Bonchev–Trinajstić information content (AvgIpc) is 2.70. The highest BCUT2D eigenvalue weighted by molar-refractivity contribution is 5.75. The number of hydrogen-bond donors (Lipinski definition) is 1. The van der Waals surface area contributed by atoms with Crippen LogP contribution in [-0.4, -0.2) is 29.7 Å². The quantitative estimate of drug-likeness (QED) is 0.683. The molecule has 1 saturated heterocycles. The van der Waals surface area contributed by atoms with E-state index >= 15 is 0 Å². The lowest BCUT2D eigenvalue weighted by atomic mass is 9.72. The van der Waals surface area contributed by atoms with Crippen molar-refractivity contribution in [1.29, 1.82) is 0 Å². The summed E-state index contributed by atoms with van der Waals surface area (Å²) in [7, 11) is 0. The Balaban J connectivity index is 1.91.